The second-order valence-corrected chi connectivity index (χ2v) is 5.34. The molecule has 10 heteroatoms. The van der Waals surface area contributed by atoms with Crippen molar-refractivity contribution in [3.8, 4) is 5.69 Å². The number of hydrogen-bond acceptors (Lipinski definition) is 5. The molecule has 0 bridgehead atoms. The summed E-state index contributed by atoms with van der Waals surface area (Å²) in [7, 11) is 0. The fraction of sp³-hybridized carbons (Fsp3) is 0. The molecule has 0 aliphatic heterocycles. The van der Waals surface area contributed by atoms with Gasteiger partial charge < -0.3 is 21.4 Å². The van der Waals surface area contributed by atoms with E-state index >= 15 is 0 Å². The Bertz CT molecular complexity index is 734. The molecule has 1 aromatic carbocycles. The van der Waals surface area contributed by atoms with Gasteiger partial charge in [-0.1, -0.05) is 11.6 Å². The van der Waals surface area contributed by atoms with Gasteiger partial charge in [-0.25, -0.2) is 4.68 Å². The predicted molar refractivity (Wildman–Crippen MR) is 78.6 cm³/mol. The maximum atomic E-state index is 11.2. The summed E-state index contributed by atoms with van der Waals surface area (Å²) >= 11 is 7.99. The molecular weight excluding hydrogens is 438 g/mol. The number of nitrogens with two attached hydrogens (primary N) is 2. The third-order valence-corrected chi connectivity index (χ3v) is 4.07. The van der Waals surface area contributed by atoms with Crippen molar-refractivity contribution < 1.29 is 66.1 Å². The molecule has 0 unspecified atom stereocenters. The van der Waals surface area contributed by atoms with Crippen LogP contribution in [0, 0.1) is 3.57 Å². The molecule has 4 N–H and O–H groups in total. The molecule has 104 valence electrons. The third kappa shape index (κ3) is 3.78. The van der Waals surface area contributed by atoms with E-state index in [9.17, 15) is 14.7 Å². The number of anilines is 1. The van der Waals surface area contributed by atoms with Crippen LogP contribution < -0.4 is 68.0 Å². The Morgan fingerprint density at radius 2 is 2.00 bits per heavy atom. The van der Waals surface area contributed by atoms with Crippen LogP contribution in [0.5, 0.6) is 0 Å². The van der Waals surface area contributed by atoms with Gasteiger partial charge in [-0.2, -0.15) is 5.10 Å². The van der Waals surface area contributed by atoms with Crippen LogP contribution in [0.1, 0.15) is 21.0 Å². The number of aromatic nitrogens is 2. The van der Waals surface area contributed by atoms with Crippen molar-refractivity contribution in [2.24, 2.45) is 5.73 Å². The quantitative estimate of drug-likeness (QED) is 0.390. The van der Waals surface area contributed by atoms with E-state index in [1.54, 1.807) is 12.1 Å². The van der Waals surface area contributed by atoms with Crippen molar-refractivity contribution in [3.05, 3.63) is 38.2 Å². The average molecular weight is 445 g/mol. The normalized spacial score (nSPS) is 10.0. The van der Waals surface area contributed by atoms with Gasteiger partial charge in [-0.15, -0.1) is 0 Å². The number of halogens is 2. The number of rotatable bonds is 3. The number of nitrogen functional groups attached to an aromatic ring is 1. The second-order valence-electron chi connectivity index (χ2n) is 3.77. The first-order valence-corrected chi connectivity index (χ1v) is 6.63. The van der Waals surface area contributed by atoms with Gasteiger partial charge in [0.15, 0.2) is 5.69 Å². The monoisotopic (exact) mass is 444 g/mol. The standard InChI is InChI=1S/C11H8ClIN4O3.K/c12-5-3-4(1-2-6(5)13)17-9(11(19)20)7(14)8(16-17)10(15)18;/h1-3H,14H2,(H2,15,18)(H,19,20);/q;+1/p-1. The van der Waals surface area contributed by atoms with E-state index in [2.05, 4.69) is 5.10 Å². The molecule has 0 aliphatic carbocycles. The molecule has 0 atom stereocenters. The largest absolute Gasteiger partial charge is 1.00 e. The smallest absolute Gasteiger partial charge is 0.543 e. The number of amides is 1. The molecule has 0 aliphatic rings. The van der Waals surface area contributed by atoms with Crippen LogP contribution in [0.4, 0.5) is 5.69 Å². The van der Waals surface area contributed by atoms with Crippen LogP contribution in [0.2, 0.25) is 5.02 Å². The van der Waals surface area contributed by atoms with E-state index in [0.717, 1.165) is 8.25 Å². The van der Waals surface area contributed by atoms with Crippen molar-refractivity contribution in [2.75, 3.05) is 5.73 Å². The van der Waals surface area contributed by atoms with Crippen molar-refractivity contribution in [1.82, 2.24) is 9.78 Å². The van der Waals surface area contributed by atoms with E-state index < -0.39 is 17.6 Å². The van der Waals surface area contributed by atoms with Crippen LogP contribution in [-0.2, 0) is 0 Å². The molecule has 2 aromatic rings. The first-order valence-electron chi connectivity index (χ1n) is 5.18. The number of aromatic carboxylic acids is 1. The van der Waals surface area contributed by atoms with Gasteiger partial charge in [0, 0.05) is 3.57 Å². The number of hydrogen-bond donors (Lipinski definition) is 2. The molecule has 0 radical (unpaired) electrons. The Balaban J connectivity index is 0.00000220. The average Bonchev–Trinajstić information content (AvgIpc) is 2.70. The van der Waals surface area contributed by atoms with Crippen LogP contribution >= 0.6 is 34.2 Å². The van der Waals surface area contributed by atoms with Gasteiger partial charge in [-0.3, -0.25) is 4.79 Å². The van der Waals surface area contributed by atoms with Gasteiger partial charge in [0.25, 0.3) is 5.91 Å². The molecule has 2 rings (SSSR count). The topological polar surface area (TPSA) is 127 Å². The molecule has 1 heterocycles. The minimum absolute atomic E-state index is 0. The first-order chi connectivity index (χ1) is 9.32. The number of carboxylic acid groups (broad SMARTS) is 1. The zero-order valence-corrected chi connectivity index (χ0v) is 16.8. The SMILES string of the molecule is NC(=O)c1nn(-c2ccc(I)c(Cl)c2)c(C(=O)[O-])c1N.[K+]. The van der Waals surface area contributed by atoms with E-state index in [1.807, 2.05) is 22.6 Å². The maximum Gasteiger partial charge on any atom is 1.00 e. The summed E-state index contributed by atoms with van der Waals surface area (Å²) < 4.78 is 1.74. The van der Waals surface area contributed by atoms with Crippen molar-refractivity contribution in [2.45, 2.75) is 0 Å². The molecule has 0 saturated carbocycles. The number of carbonyl (C=O) groups excluding carboxylic acids is 2. The predicted octanol–water partition coefficient (Wildman–Crippen LogP) is -2.82. The molecule has 21 heavy (non-hydrogen) atoms. The van der Waals surface area contributed by atoms with Gasteiger partial charge in [0.1, 0.15) is 5.69 Å². The maximum absolute atomic E-state index is 11.2. The second kappa shape index (κ2) is 7.39. The van der Waals surface area contributed by atoms with Crippen molar-refractivity contribution in [1.29, 1.82) is 0 Å². The Morgan fingerprint density at radius 1 is 1.38 bits per heavy atom. The first kappa shape index (κ1) is 18.9. The van der Waals surface area contributed by atoms with E-state index in [-0.39, 0.29) is 62.8 Å². The van der Waals surface area contributed by atoms with Crippen LogP contribution in [0.15, 0.2) is 18.2 Å². The molecular formula is C11H7ClIKN4O3. The van der Waals surface area contributed by atoms with Gasteiger partial charge >= 0.3 is 51.4 Å². The summed E-state index contributed by atoms with van der Waals surface area (Å²) in [5, 5.41) is 15.4. The Morgan fingerprint density at radius 3 is 2.48 bits per heavy atom. The number of benzene rings is 1. The van der Waals surface area contributed by atoms with E-state index in [1.165, 1.54) is 6.07 Å². The minimum atomic E-state index is -1.57. The van der Waals surface area contributed by atoms with Crippen molar-refractivity contribution in [3.63, 3.8) is 0 Å². The van der Waals surface area contributed by atoms with E-state index in [4.69, 9.17) is 23.1 Å². The fourth-order valence-corrected chi connectivity index (χ4v) is 2.12. The summed E-state index contributed by atoms with van der Waals surface area (Å²) in [6.45, 7) is 0. The zero-order chi connectivity index (χ0) is 15.0. The van der Waals surface area contributed by atoms with Gasteiger partial charge in [0.05, 0.1) is 22.4 Å². The van der Waals surface area contributed by atoms with E-state index in [0.29, 0.717) is 10.7 Å². The van der Waals surface area contributed by atoms with Crippen LogP contribution in [-0.4, -0.2) is 21.7 Å². The summed E-state index contributed by atoms with van der Waals surface area (Å²) in [4.78, 5) is 22.4. The van der Waals surface area contributed by atoms with Crippen molar-refractivity contribution >= 4 is 51.8 Å². The minimum Gasteiger partial charge on any atom is -0.543 e. The molecule has 0 saturated heterocycles. The molecule has 7 nitrogen and oxygen atoms in total. The third-order valence-electron chi connectivity index (χ3n) is 2.50. The van der Waals surface area contributed by atoms with Gasteiger partial charge in [0.2, 0.25) is 0 Å². The summed E-state index contributed by atoms with van der Waals surface area (Å²) in [6.07, 6.45) is 0. The molecule has 0 spiro atoms. The Kier molecular flexibility index (Phi) is 6.65. The van der Waals surface area contributed by atoms with Gasteiger partial charge in [-0.05, 0) is 40.8 Å². The Labute approximate surface area is 180 Å². The number of carboxylic acids is 1. The number of carbonyl (C=O) groups is 2. The molecule has 1 amide bonds. The fourth-order valence-electron chi connectivity index (χ4n) is 1.61. The summed E-state index contributed by atoms with van der Waals surface area (Å²) in [5.41, 5.74) is 9.87. The Hall–Kier alpha value is -0.174. The van der Waals surface area contributed by atoms with Crippen LogP contribution in [0.25, 0.3) is 5.69 Å². The molecule has 0 fully saturated rings. The molecule has 1 aromatic heterocycles. The summed E-state index contributed by atoms with van der Waals surface area (Å²) in [6, 6.07) is 4.74. The number of primary amides is 1. The summed E-state index contributed by atoms with van der Waals surface area (Å²) in [5.74, 6) is -2.50. The zero-order valence-electron chi connectivity index (χ0n) is 10.8. The number of nitrogens with zero attached hydrogens (tertiary/aromatic N) is 2. The van der Waals surface area contributed by atoms with Crippen LogP contribution in [0.3, 0.4) is 0 Å².